The van der Waals surface area contributed by atoms with Crippen molar-refractivity contribution in [3.05, 3.63) is 46.1 Å². The number of carbonyl (C=O) groups excluding carboxylic acids is 1. The van der Waals surface area contributed by atoms with Crippen LogP contribution in [-0.2, 0) is 11.3 Å². The molecule has 2 aromatic rings. The first kappa shape index (κ1) is 18.8. The van der Waals surface area contributed by atoms with Crippen molar-refractivity contribution in [3.63, 3.8) is 0 Å². The summed E-state index contributed by atoms with van der Waals surface area (Å²) in [5, 5.41) is 11.1. The summed E-state index contributed by atoms with van der Waals surface area (Å²) in [4.78, 5) is 11.7. The molecule has 0 unspecified atom stereocenters. The molecule has 0 bridgehead atoms. The zero-order valence-corrected chi connectivity index (χ0v) is 14.3. The molecule has 0 atom stereocenters. The number of carbonyl (C=O) groups is 1. The fraction of sp³-hybridized carbons (Fsp3) is 0.286. The van der Waals surface area contributed by atoms with Crippen LogP contribution in [0, 0.1) is 0 Å². The zero-order chi connectivity index (χ0) is 15.2. The molecule has 0 radical (unpaired) electrons. The van der Waals surface area contributed by atoms with Crippen molar-refractivity contribution in [1.29, 1.82) is 0 Å². The predicted molar refractivity (Wildman–Crippen MR) is 92.2 cm³/mol. The maximum Gasteiger partial charge on any atom is 0.226 e. The molecule has 2 N–H and O–H groups in total. The Morgan fingerprint density at radius 1 is 1.32 bits per heavy atom. The molecule has 0 aliphatic carbocycles. The van der Waals surface area contributed by atoms with Gasteiger partial charge in [0.1, 0.15) is 5.82 Å². The van der Waals surface area contributed by atoms with Crippen LogP contribution in [0.3, 0.4) is 0 Å². The summed E-state index contributed by atoms with van der Waals surface area (Å²) >= 11 is 12.0. The molecule has 8 heteroatoms. The quantitative estimate of drug-likeness (QED) is 0.828. The summed E-state index contributed by atoms with van der Waals surface area (Å²) in [5.41, 5.74) is 0.885. The first-order chi connectivity index (χ1) is 10.1. The number of benzene rings is 1. The molecule has 22 heavy (non-hydrogen) atoms. The lowest BCUT2D eigenvalue weighted by molar-refractivity contribution is -0.116. The van der Waals surface area contributed by atoms with Gasteiger partial charge in [0.2, 0.25) is 5.91 Å². The van der Waals surface area contributed by atoms with E-state index in [-0.39, 0.29) is 18.3 Å². The van der Waals surface area contributed by atoms with Crippen molar-refractivity contribution >= 4 is 47.3 Å². The van der Waals surface area contributed by atoms with Crippen LogP contribution in [0.5, 0.6) is 0 Å². The minimum atomic E-state index is -0.0618. The number of nitrogens with zero attached hydrogens (tertiary/aromatic N) is 2. The zero-order valence-electron chi connectivity index (χ0n) is 12.0. The molecule has 1 aromatic carbocycles. The summed E-state index contributed by atoms with van der Waals surface area (Å²) in [5.74, 6) is 0.579. The van der Waals surface area contributed by atoms with Crippen molar-refractivity contribution in [2.24, 2.45) is 0 Å². The van der Waals surface area contributed by atoms with Crippen LogP contribution >= 0.6 is 35.6 Å². The second-order valence-electron chi connectivity index (χ2n) is 4.51. The Morgan fingerprint density at radius 3 is 2.77 bits per heavy atom. The van der Waals surface area contributed by atoms with Gasteiger partial charge in [-0.2, -0.15) is 5.10 Å². The number of nitrogens with one attached hydrogen (secondary N) is 2. The molecule has 1 aromatic heterocycles. The maximum absolute atomic E-state index is 11.7. The molecule has 5 nitrogen and oxygen atoms in total. The molecule has 0 aliphatic heterocycles. The minimum Gasteiger partial charge on any atom is -0.319 e. The topological polar surface area (TPSA) is 59.0 Å². The summed E-state index contributed by atoms with van der Waals surface area (Å²) in [6, 6.07) is 7.06. The highest BCUT2D eigenvalue weighted by atomic mass is 35.5. The Bertz CT molecular complexity index is 630. The highest BCUT2D eigenvalue weighted by molar-refractivity contribution is 6.35. The van der Waals surface area contributed by atoms with Gasteiger partial charge in [-0.25, -0.2) is 4.68 Å². The molecule has 2 rings (SSSR count). The van der Waals surface area contributed by atoms with E-state index >= 15 is 0 Å². The van der Waals surface area contributed by atoms with Gasteiger partial charge in [0.25, 0.3) is 0 Å². The van der Waals surface area contributed by atoms with Crippen LogP contribution in [0.4, 0.5) is 5.82 Å². The van der Waals surface area contributed by atoms with E-state index in [2.05, 4.69) is 15.7 Å². The van der Waals surface area contributed by atoms with Crippen molar-refractivity contribution in [3.8, 4) is 0 Å². The normalized spacial score (nSPS) is 10.1. The average molecular weight is 364 g/mol. The maximum atomic E-state index is 11.7. The van der Waals surface area contributed by atoms with Crippen LogP contribution in [0.15, 0.2) is 30.5 Å². The third-order valence-electron chi connectivity index (χ3n) is 2.92. The first-order valence-corrected chi connectivity index (χ1v) is 7.26. The van der Waals surface area contributed by atoms with Gasteiger partial charge in [-0.1, -0.05) is 29.3 Å². The fourth-order valence-corrected chi connectivity index (χ4v) is 2.29. The number of halogens is 3. The second-order valence-corrected chi connectivity index (χ2v) is 5.36. The van der Waals surface area contributed by atoms with Crippen LogP contribution in [0.1, 0.15) is 12.0 Å². The van der Waals surface area contributed by atoms with E-state index < -0.39 is 0 Å². The van der Waals surface area contributed by atoms with E-state index in [4.69, 9.17) is 23.2 Å². The molecule has 0 fully saturated rings. The van der Waals surface area contributed by atoms with E-state index in [1.54, 1.807) is 36.1 Å². The molecule has 0 aliphatic rings. The van der Waals surface area contributed by atoms with Gasteiger partial charge in [-0.3, -0.25) is 4.79 Å². The Kier molecular flexibility index (Phi) is 7.68. The molecular formula is C14H17Cl3N4O. The fourth-order valence-electron chi connectivity index (χ4n) is 1.82. The van der Waals surface area contributed by atoms with Crippen molar-refractivity contribution < 1.29 is 4.79 Å². The average Bonchev–Trinajstić information content (AvgIpc) is 2.87. The van der Waals surface area contributed by atoms with E-state index in [9.17, 15) is 4.79 Å². The summed E-state index contributed by atoms with van der Waals surface area (Å²) < 4.78 is 1.69. The van der Waals surface area contributed by atoms with Crippen molar-refractivity contribution in [2.45, 2.75) is 13.0 Å². The van der Waals surface area contributed by atoms with Gasteiger partial charge in [0.15, 0.2) is 0 Å². The molecule has 0 spiro atoms. The van der Waals surface area contributed by atoms with Gasteiger partial charge in [0, 0.05) is 29.1 Å². The number of hydrogen-bond acceptors (Lipinski definition) is 3. The van der Waals surface area contributed by atoms with E-state index in [0.29, 0.717) is 35.4 Å². The molecule has 120 valence electrons. The molecular weight excluding hydrogens is 347 g/mol. The smallest absolute Gasteiger partial charge is 0.226 e. The number of amides is 1. The molecule has 0 saturated carbocycles. The van der Waals surface area contributed by atoms with Gasteiger partial charge in [-0.05, 0) is 24.7 Å². The summed E-state index contributed by atoms with van der Waals surface area (Å²) in [6.45, 7) is 1.09. The Morgan fingerprint density at radius 2 is 2.09 bits per heavy atom. The Balaban J connectivity index is 0.00000242. The minimum absolute atomic E-state index is 0. The van der Waals surface area contributed by atoms with Crippen molar-refractivity contribution in [2.75, 3.05) is 18.9 Å². The highest BCUT2D eigenvalue weighted by Gasteiger charge is 2.09. The van der Waals surface area contributed by atoms with Gasteiger partial charge in [-0.15, -0.1) is 12.4 Å². The van der Waals surface area contributed by atoms with E-state index in [0.717, 1.165) is 5.56 Å². The predicted octanol–water partition coefficient (Wildman–Crippen LogP) is 3.21. The standard InChI is InChI=1S/C14H16Cl2N4O.ClH/c1-17-6-5-14(21)19-13-4-7-18-20(13)9-10-2-3-11(15)8-12(10)16;/h2-4,7-8,17H,5-6,9H2,1H3,(H,19,21);1H. The largest absolute Gasteiger partial charge is 0.319 e. The van der Waals surface area contributed by atoms with Crippen LogP contribution < -0.4 is 10.6 Å². The lowest BCUT2D eigenvalue weighted by Crippen LogP contribution is -2.20. The van der Waals surface area contributed by atoms with Crippen LogP contribution in [0.2, 0.25) is 10.0 Å². The third kappa shape index (κ3) is 5.18. The highest BCUT2D eigenvalue weighted by Crippen LogP contribution is 2.22. The lowest BCUT2D eigenvalue weighted by atomic mass is 10.2. The Hall–Kier alpha value is -1.27. The van der Waals surface area contributed by atoms with E-state index in [1.165, 1.54) is 0 Å². The second kappa shape index (κ2) is 9.00. The monoisotopic (exact) mass is 362 g/mol. The molecule has 1 heterocycles. The number of aromatic nitrogens is 2. The Labute approximate surface area is 145 Å². The van der Waals surface area contributed by atoms with Gasteiger partial charge >= 0.3 is 0 Å². The number of hydrogen-bond donors (Lipinski definition) is 2. The van der Waals surface area contributed by atoms with E-state index in [1.807, 2.05) is 6.07 Å². The molecule has 0 saturated heterocycles. The van der Waals surface area contributed by atoms with Crippen LogP contribution in [-0.4, -0.2) is 29.3 Å². The number of rotatable bonds is 6. The van der Waals surface area contributed by atoms with Crippen LogP contribution in [0.25, 0.3) is 0 Å². The van der Waals surface area contributed by atoms with Gasteiger partial charge in [0.05, 0.1) is 12.7 Å². The van der Waals surface area contributed by atoms with Crippen molar-refractivity contribution in [1.82, 2.24) is 15.1 Å². The first-order valence-electron chi connectivity index (χ1n) is 6.50. The van der Waals surface area contributed by atoms with Gasteiger partial charge < -0.3 is 10.6 Å². The third-order valence-corrected chi connectivity index (χ3v) is 3.51. The number of anilines is 1. The summed E-state index contributed by atoms with van der Waals surface area (Å²) in [6.07, 6.45) is 2.04. The summed E-state index contributed by atoms with van der Waals surface area (Å²) in [7, 11) is 1.81. The molecule has 1 amide bonds. The SMILES string of the molecule is CNCCC(=O)Nc1ccnn1Cc1ccc(Cl)cc1Cl.Cl. The lowest BCUT2D eigenvalue weighted by Gasteiger charge is -2.10.